The Labute approximate surface area is 205 Å². The van der Waals surface area contributed by atoms with Gasteiger partial charge in [-0.2, -0.15) is 4.98 Å². The lowest BCUT2D eigenvalue weighted by Gasteiger charge is -2.12. The highest BCUT2D eigenvalue weighted by molar-refractivity contribution is 7.15. The number of nitrogens with zero attached hydrogens (tertiary/aromatic N) is 4. The quantitative estimate of drug-likeness (QED) is 0.311. The smallest absolute Gasteiger partial charge is 0.261 e. The monoisotopic (exact) mass is 489 g/mol. The van der Waals surface area contributed by atoms with E-state index in [9.17, 15) is 14.4 Å². The minimum absolute atomic E-state index is 0.164. The molecule has 0 fully saturated rings. The van der Waals surface area contributed by atoms with E-state index in [-0.39, 0.29) is 29.5 Å². The summed E-state index contributed by atoms with van der Waals surface area (Å²) in [6.45, 7) is 4.80. The number of carbonyl (C=O) groups excluding carboxylic acids is 3. The molecule has 2 aromatic heterocycles. The van der Waals surface area contributed by atoms with Gasteiger partial charge in [-0.05, 0) is 44.0 Å². The number of hydrogen-bond donors (Lipinski definition) is 1. The van der Waals surface area contributed by atoms with Crippen LogP contribution in [0.25, 0.3) is 16.2 Å². The number of amides is 3. The summed E-state index contributed by atoms with van der Waals surface area (Å²) < 4.78 is 6.71. The largest absolute Gasteiger partial charge is 0.385 e. The molecular formula is C25H23N5O4S. The second-order valence-electron chi connectivity index (χ2n) is 8.39. The molecule has 0 saturated heterocycles. The summed E-state index contributed by atoms with van der Waals surface area (Å²) in [5.41, 5.74) is 5.00. The van der Waals surface area contributed by atoms with Gasteiger partial charge in [-0.1, -0.05) is 23.8 Å². The molecule has 9 nitrogen and oxygen atoms in total. The second-order valence-corrected chi connectivity index (χ2v) is 9.23. The fourth-order valence-electron chi connectivity index (χ4n) is 4.20. The predicted molar refractivity (Wildman–Crippen MR) is 132 cm³/mol. The van der Waals surface area contributed by atoms with Crippen molar-refractivity contribution in [3.05, 3.63) is 69.6 Å². The minimum Gasteiger partial charge on any atom is -0.385 e. The van der Waals surface area contributed by atoms with Gasteiger partial charge in [0.05, 0.1) is 16.8 Å². The molecule has 0 bridgehead atoms. The Morgan fingerprint density at radius 2 is 1.83 bits per heavy atom. The molecule has 0 radical (unpaired) electrons. The van der Waals surface area contributed by atoms with Crippen LogP contribution >= 0.6 is 11.3 Å². The van der Waals surface area contributed by atoms with Crippen molar-refractivity contribution in [2.24, 2.45) is 0 Å². The highest BCUT2D eigenvalue weighted by atomic mass is 32.1. The predicted octanol–water partition coefficient (Wildman–Crippen LogP) is 3.96. The van der Waals surface area contributed by atoms with E-state index in [1.54, 1.807) is 11.6 Å². The third kappa shape index (κ3) is 4.11. The van der Waals surface area contributed by atoms with E-state index in [0.717, 1.165) is 16.8 Å². The van der Waals surface area contributed by atoms with Crippen molar-refractivity contribution in [3.63, 3.8) is 0 Å². The lowest BCUT2D eigenvalue weighted by atomic mass is 10.0. The van der Waals surface area contributed by atoms with Crippen LogP contribution < -0.4 is 5.32 Å². The summed E-state index contributed by atoms with van der Waals surface area (Å²) in [5, 5.41) is 9.17. The lowest BCUT2D eigenvalue weighted by Crippen LogP contribution is -2.31. The third-order valence-corrected chi connectivity index (χ3v) is 6.74. The number of benzene rings is 2. The highest BCUT2D eigenvalue weighted by Crippen LogP contribution is 2.29. The van der Waals surface area contributed by atoms with E-state index < -0.39 is 11.8 Å². The van der Waals surface area contributed by atoms with Crippen LogP contribution in [0.3, 0.4) is 0 Å². The van der Waals surface area contributed by atoms with Gasteiger partial charge in [-0.3, -0.25) is 24.6 Å². The number of anilines is 1. The first kappa shape index (κ1) is 22.9. The molecule has 1 aliphatic heterocycles. The van der Waals surface area contributed by atoms with E-state index in [2.05, 4.69) is 21.5 Å². The molecule has 0 saturated carbocycles. The summed E-state index contributed by atoms with van der Waals surface area (Å²) >= 11 is 1.43. The van der Waals surface area contributed by atoms with Crippen LogP contribution in [0.4, 0.5) is 5.95 Å². The van der Waals surface area contributed by atoms with Gasteiger partial charge in [0.25, 0.3) is 23.7 Å². The first-order valence-electron chi connectivity index (χ1n) is 11.1. The van der Waals surface area contributed by atoms with Crippen LogP contribution in [0, 0.1) is 13.8 Å². The average molecular weight is 490 g/mol. The van der Waals surface area contributed by atoms with Gasteiger partial charge in [0.15, 0.2) is 0 Å². The average Bonchev–Trinajstić information content (AvgIpc) is 3.47. The summed E-state index contributed by atoms with van der Waals surface area (Å²) in [7, 11) is 1.57. The summed E-state index contributed by atoms with van der Waals surface area (Å²) in [5.74, 6) is -1.06. The van der Waals surface area contributed by atoms with Crippen molar-refractivity contribution in [1.82, 2.24) is 19.5 Å². The SMILES string of the molecule is COCCCN1C(=O)c2ccc(C(=O)Nc3nc4scc(-c5ccc(C)cc5C)n4n3)cc2C1=O. The molecule has 5 rings (SSSR count). The molecule has 0 unspecified atom stereocenters. The van der Waals surface area contributed by atoms with Gasteiger partial charge in [0.1, 0.15) is 0 Å². The normalized spacial score (nSPS) is 13.1. The number of hydrogen-bond acceptors (Lipinski definition) is 7. The third-order valence-electron chi connectivity index (χ3n) is 5.93. The van der Waals surface area contributed by atoms with Gasteiger partial charge >= 0.3 is 0 Å². The van der Waals surface area contributed by atoms with E-state index in [0.29, 0.717) is 23.6 Å². The Morgan fingerprint density at radius 1 is 1.06 bits per heavy atom. The molecule has 0 atom stereocenters. The van der Waals surface area contributed by atoms with Crippen molar-refractivity contribution in [3.8, 4) is 11.3 Å². The van der Waals surface area contributed by atoms with E-state index >= 15 is 0 Å². The molecule has 1 aliphatic rings. The number of methoxy groups -OCH3 is 1. The molecule has 0 aliphatic carbocycles. The molecule has 2 aromatic carbocycles. The number of aromatic nitrogens is 3. The number of fused-ring (bicyclic) bond motifs is 2. The van der Waals surface area contributed by atoms with Crippen LogP contribution in [0.1, 0.15) is 48.6 Å². The molecule has 4 aromatic rings. The van der Waals surface area contributed by atoms with E-state index in [1.807, 2.05) is 31.4 Å². The topological polar surface area (TPSA) is 106 Å². The Morgan fingerprint density at radius 3 is 2.60 bits per heavy atom. The van der Waals surface area contributed by atoms with Crippen LogP contribution in [-0.4, -0.2) is 57.5 Å². The number of carbonyl (C=O) groups is 3. The van der Waals surface area contributed by atoms with E-state index in [1.165, 1.54) is 40.0 Å². The first-order chi connectivity index (χ1) is 16.9. The maximum absolute atomic E-state index is 12.9. The molecule has 0 spiro atoms. The molecule has 35 heavy (non-hydrogen) atoms. The van der Waals surface area contributed by atoms with Crippen molar-refractivity contribution in [1.29, 1.82) is 0 Å². The maximum atomic E-state index is 12.9. The molecule has 3 heterocycles. The van der Waals surface area contributed by atoms with Crippen molar-refractivity contribution < 1.29 is 19.1 Å². The second kappa shape index (κ2) is 9.05. The Hall–Kier alpha value is -3.89. The van der Waals surface area contributed by atoms with Crippen molar-refractivity contribution in [2.75, 3.05) is 25.6 Å². The standard InChI is InChI=1S/C25H23N5O4S/c1-14-5-7-17(15(2)11-14)20-13-35-25-27-24(28-30(20)25)26-21(31)16-6-8-18-19(12-16)23(33)29(22(18)32)9-4-10-34-3/h5-8,11-13H,4,9-10H2,1-3H3,(H,26,28,31). The lowest BCUT2D eigenvalue weighted by molar-refractivity contribution is 0.0638. The van der Waals surface area contributed by atoms with Crippen molar-refractivity contribution in [2.45, 2.75) is 20.3 Å². The van der Waals surface area contributed by atoms with Crippen LogP contribution in [-0.2, 0) is 4.74 Å². The molecule has 10 heteroatoms. The molecule has 178 valence electrons. The fourth-order valence-corrected chi connectivity index (χ4v) is 5.02. The maximum Gasteiger partial charge on any atom is 0.261 e. The number of nitrogens with one attached hydrogen (secondary N) is 1. The van der Waals surface area contributed by atoms with Crippen molar-refractivity contribution >= 4 is 40.0 Å². The number of aryl methyl sites for hydroxylation is 2. The summed E-state index contributed by atoms with van der Waals surface area (Å²) in [6.07, 6.45) is 0.544. The van der Waals surface area contributed by atoms with Crippen LogP contribution in [0.15, 0.2) is 41.8 Å². The van der Waals surface area contributed by atoms with Gasteiger partial charge in [-0.15, -0.1) is 16.4 Å². The summed E-state index contributed by atoms with van der Waals surface area (Å²) in [4.78, 5) is 44.5. The zero-order chi connectivity index (χ0) is 24.7. The first-order valence-corrected chi connectivity index (χ1v) is 12.0. The Balaban J connectivity index is 1.37. The number of imide groups is 1. The Kier molecular flexibility index (Phi) is 5.91. The van der Waals surface area contributed by atoms with Gasteiger partial charge in [0, 0.05) is 36.8 Å². The van der Waals surface area contributed by atoms with Crippen LogP contribution in [0.2, 0.25) is 0 Å². The highest BCUT2D eigenvalue weighted by Gasteiger charge is 2.35. The Bertz CT molecular complexity index is 1490. The minimum atomic E-state index is -0.461. The van der Waals surface area contributed by atoms with Crippen LogP contribution in [0.5, 0.6) is 0 Å². The number of thiazole rings is 1. The van der Waals surface area contributed by atoms with Gasteiger partial charge < -0.3 is 4.74 Å². The zero-order valence-electron chi connectivity index (χ0n) is 19.5. The molecule has 3 amide bonds. The number of rotatable bonds is 7. The van der Waals surface area contributed by atoms with E-state index in [4.69, 9.17) is 4.74 Å². The number of ether oxygens (including phenoxy) is 1. The van der Waals surface area contributed by atoms with Gasteiger partial charge in [-0.25, -0.2) is 4.52 Å². The molecular weight excluding hydrogens is 466 g/mol. The van der Waals surface area contributed by atoms with Gasteiger partial charge in [0.2, 0.25) is 4.96 Å². The molecule has 1 N–H and O–H groups in total. The fraction of sp³-hybridized carbons (Fsp3) is 0.240. The summed E-state index contributed by atoms with van der Waals surface area (Å²) in [6, 6.07) is 10.7. The zero-order valence-corrected chi connectivity index (χ0v) is 20.3.